The van der Waals surface area contributed by atoms with Gasteiger partial charge in [0.05, 0.1) is 63.5 Å². The van der Waals surface area contributed by atoms with Gasteiger partial charge in [-0.3, -0.25) is 9.59 Å². The molecule has 2 aromatic carbocycles. The third-order valence-electron chi connectivity index (χ3n) is 11.7. The van der Waals surface area contributed by atoms with Crippen molar-refractivity contribution in [2.45, 2.75) is 64.2 Å². The Balaban J connectivity index is 0.000000168. The van der Waals surface area contributed by atoms with Crippen molar-refractivity contribution in [3.05, 3.63) is 61.2 Å². The maximum atomic E-state index is 11.7. The van der Waals surface area contributed by atoms with Crippen molar-refractivity contribution in [2.24, 2.45) is 11.8 Å². The van der Waals surface area contributed by atoms with E-state index in [4.69, 9.17) is 38.4 Å². The largest absolute Gasteiger partial charge is 0.493 e. The van der Waals surface area contributed by atoms with Gasteiger partial charge in [-0.05, 0) is 81.6 Å². The van der Waals surface area contributed by atoms with E-state index in [0.29, 0.717) is 72.2 Å². The average molecular weight is 819 g/mol. The van der Waals surface area contributed by atoms with Crippen molar-refractivity contribution >= 4 is 33.9 Å². The predicted octanol–water partition coefficient (Wildman–Crippen LogP) is 6.29. The fraction of sp³-hybridized carbons (Fsp3) is 0.409. The summed E-state index contributed by atoms with van der Waals surface area (Å²) in [5.41, 5.74) is 6.47. The molecule has 2 amide bonds. The molecular weight excluding hydrogens is 769 g/mol. The van der Waals surface area contributed by atoms with Crippen molar-refractivity contribution in [2.75, 3.05) is 41.5 Å². The van der Waals surface area contributed by atoms with Crippen LogP contribution in [-0.4, -0.2) is 95.0 Å². The molecule has 16 heteroatoms. The van der Waals surface area contributed by atoms with Crippen molar-refractivity contribution in [3.63, 3.8) is 0 Å². The molecule has 9 rings (SSSR count). The normalized spacial score (nSPS) is 18.5. The summed E-state index contributed by atoms with van der Waals surface area (Å²) >= 11 is 0. The van der Waals surface area contributed by atoms with Gasteiger partial charge in [0.15, 0.2) is 28.5 Å². The second kappa shape index (κ2) is 17.3. The Kier molecular flexibility index (Phi) is 11.6. The number of aromatic amines is 1. The standard InChI is InChI=1S/C24H28N4O4.C20H22N4O4/c1-14(16-10-22(29)25-12-16)32-24-23-19(26-13-28(23)17-5-4-6-17)11-18(27-24)15-7-8-20(30-2)21(9-15)31-3;1-11(13-7-18(25)21-9-13)28-20-19-15(22-10-23-19)8-14(24-20)12-4-5-16(26-2)17(6-12)27-3/h7-9,11,13-14,16-17H,4-6,10,12H2,1-3H3,(H,25,29);4-6,8,10-11,13H,7,9H2,1-3H3,(H,21,25)(H,22,23)/t14-,16-;11-,13-/m11/s1. The van der Waals surface area contributed by atoms with Crippen LogP contribution >= 0.6 is 0 Å². The van der Waals surface area contributed by atoms with Gasteiger partial charge in [-0.2, -0.15) is 0 Å². The monoisotopic (exact) mass is 818 g/mol. The first-order valence-corrected chi connectivity index (χ1v) is 20.2. The number of hydrogen-bond acceptors (Lipinski definition) is 12. The fourth-order valence-corrected chi connectivity index (χ4v) is 7.80. The van der Waals surface area contributed by atoms with Gasteiger partial charge < -0.3 is 48.6 Å². The zero-order chi connectivity index (χ0) is 41.9. The van der Waals surface area contributed by atoms with Crippen molar-refractivity contribution in [1.82, 2.24) is 40.1 Å². The van der Waals surface area contributed by atoms with Gasteiger partial charge in [-0.15, -0.1) is 0 Å². The lowest BCUT2D eigenvalue weighted by molar-refractivity contribution is -0.120. The lowest BCUT2D eigenvalue weighted by Crippen LogP contribution is -2.26. The maximum absolute atomic E-state index is 11.7. The van der Waals surface area contributed by atoms with Crippen LogP contribution in [0.5, 0.6) is 34.8 Å². The summed E-state index contributed by atoms with van der Waals surface area (Å²) in [6.45, 7) is 5.19. The number of fused-ring (bicyclic) bond motifs is 2. The Morgan fingerprint density at radius 2 is 1.23 bits per heavy atom. The predicted molar refractivity (Wildman–Crippen MR) is 224 cm³/mol. The van der Waals surface area contributed by atoms with E-state index in [9.17, 15) is 9.59 Å². The number of carbonyl (C=O) groups is 2. The number of aromatic nitrogens is 6. The topological polar surface area (TPSA) is 186 Å². The summed E-state index contributed by atoms with van der Waals surface area (Å²) in [7, 11) is 6.43. The zero-order valence-electron chi connectivity index (χ0n) is 34.6. The Labute approximate surface area is 347 Å². The van der Waals surface area contributed by atoms with Gasteiger partial charge in [0.2, 0.25) is 23.6 Å². The first kappa shape index (κ1) is 40.2. The van der Waals surface area contributed by atoms with Crippen LogP contribution in [0.15, 0.2) is 61.2 Å². The van der Waals surface area contributed by atoms with Gasteiger partial charge in [-0.1, -0.05) is 0 Å². The molecule has 0 radical (unpaired) electrons. The summed E-state index contributed by atoms with van der Waals surface area (Å²) in [6, 6.07) is 15.7. The van der Waals surface area contributed by atoms with Crippen molar-refractivity contribution in [1.29, 1.82) is 0 Å². The van der Waals surface area contributed by atoms with E-state index < -0.39 is 0 Å². The highest BCUT2D eigenvalue weighted by Crippen LogP contribution is 2.40. The van der Waals surface area contributed by atoms with Crippen LogP contribution in [-0.2, 0) is 9.59 Å². The van der Waals surface area contributed by atoms with Gasteiger partial charge in [0.1, 0.15) is 17.7 Å². The Morgan fingerprint density at radius 3 is 1.75 bits per heavy atom. The number of methoxy groups -OCH3 is 4. The molecule has 1 aliphatic carbocycles. The number of benzene rings is 2. The Bertz CT molecular complexity index is 2520. The van der Waals surface area contributed by atoms with Crippen LogP contribution in [0.4, 0.5) is 0 Å². The van der Waals surface area contributed by atoms with Crippen LogP contribution in [0, 0.1) is 11.8 Å². The number of rotatable bonds is 13. The van der Waals surface area contributed by atoms with Crippen LogP contribution in [0.2, 0.25) is 0 Å². The number of nitrogens with zero attached hydrogens (tertiary/aromatic N) is 5. The summed E-state index contributed by atoms with van der Waals surface area (Å²) in [5, 5.41) is 5.74. The van der Waals surface area contributed by atoms with E-state index in [2.05, 4.69) is 30.2 Å². The Hall–Kier alpha value is -6.58. The zero-order valence-corrected chi connectivity index (χ0v) is 34.6. The molecule has 4 aromatic heterocycles. The number of hydrogen-bond donors (Lipinski definition) is 3. The molecule has 60 heavy (non-hydrogen) atoms. The number of ether oxygens (including phenoxy) is 6. The molecule has 3 fully saturated rings. The average Bonchev–Trinajstić information content (AvgIpc) is 4.08. The number of carbonyl (C=O) groups excluding carboxylic acids is 2. The highest BCUT2D eigenvalue weighted by molar-refractivity contribution is 5.86. The molecule has 1 saturated carbocycles. The quantitative estimate of drug-likeness (QED) is 0.119. The molecule has 6 aromatic rings. The first-order valence-electron chi connectivity index (χ1n) is 20.2. The SMILES string of the molecule is COc1ccc(-c2cc3[nH]cnc3c(O[C@H](C)[C@H]3CNC(=O)C3)n2)cc1OC.COc1ccc(-c2cc3ncn(C4CCC4)c3c(O[C@H](C)[C@H]3CNC(=O)C3)n2)cc1OC. The van der Waals surface area contributed by atoms with Crippen LogP contribution in [0.3, 0.4) is 0 Å². The summed E-state index contributed by atoms with van der Waals surface area (Å²) in [5.74, 6) is 3.92. The fourth-order valence-electron chi connectivity index (χ4n) is 7.80. The number of H-pyrrole nitrogens is 1. The molecule has 314 valence electrons. The highest BCUT2D eigenvalue weighted by atomic mass is 16.5. The smallest absolute Gasteiger partial charge is 0.243 e. The molecular formula is C44H50N8O8. The molecule has 16 nitrogen and oxygen atoms in total. The molecule has 4 atom stereocenters. The van der Waals surface area contributed by atoms with E-state index >= 15 is 0 Å². The van der Waals surface area contributed by atoms with Crippen LogP contribution < -0.4 is 39.1 Å². The first-order chi connectivity index (χ1) is 29.2. The molecule has 0 unspecified atom stereocenters. The second-order valence-corrected chi connectivity index (χ2v) is 15.4. The minimum atomic E-state index is -0.174. The number of imidazole rings is 2. The van der Waals surface area contributed by atoms with Crippen LogP contribution in [0.25, 0.3) is 44.6 Å². The third kappa shape index (κ3) is 8.18. The number of nitrogens with one attached hydrogen (secondary N) is 3. The van der Waals surface area contributed by atoms with Gasteiger partial charge in [0, 0.05) is 54.9 Å². The molecule has 2 saturated heterocycles. The minimum Gasteiger partial charge on any atom is -0.493 e. The number of pyridine rings is 2. The summed E-state index contributed by atoms with van der Waals surface area (Å²) in [4.78, 5) is 45.0. The van der Waals surface area contributed by atoms with Gasteiger partial charge in [0.25, 0.3) is 0 Å². The van der Waals surface area contributed by atoms with E-state index in [0.717, 1.165) is 51.9 Å². The molecule has 3 N–H and O–H groups in total. The van der Waals surface area contributed by atoms with E-state index in [-0.39, 0.29) is 35.9 Å². The molecule has 0 spiro atoms. The van der Waals surface area contributed by atoms with E-state index in [1.165, 1.54) is 6.42 Å². The van der Waals surface area contributed by atoms with Crippen molar-refractivity contribution < 1.29 is 38.0 Å². The third-order valence-corrected chi connectivity index (χ3v) is 11.7. The van der Waals surface area contributed by atoms with E-state index in [1.807, 2.05) is 68.7 Å². The van der Waals surface area contributed by atoms with E-state index in [1.54, 1.807) is 34.8 Å². The van der Waals surface area contributed by atoms with Crippen molar-refractivity contribution in [3.8, 4) is 57.3 Å². The maximum Gasteiger partial charge on any atom is 0.243 e. The van der Waals surface area contributed by atoms with Gasteiger partial charge in [-0.25, -0.2) is 19.9 Å². The minimum absolute atomic E-state index is 0.0532. The lowest BCUT2D eigenvalue weighted by Gasteiger charge is -2.28. The molecule has 0 bridgehead atoms. The molecule has 3 aliphatic rings. The molecule has 2 aliphatic heterocycles. The Morgan fingerprint density at radius 1 is 0.683 bits per heavy atom. The summed E-state index contributed by atoms with van der Waals surface area (Å²) < 4.78 is 36.3. The highest BCUT2D eigenvalue weighted by Gasteiger charge is 2.31. The lowest BCUT2D eigenvalue weighted by atomic mass is 9.93. The van der Waals surface area contributed by atoms with Gasteiger partial charge >= 0.3 is 0 Å². The van der Waals surface area contributed by atoms with Crippen LogP contribution in [0.1, 0.15) is 52.0 Å². The summed E-state index contributed by atoms with van der Waals surface area (Å²) in [6.07, 6.45) is 7.61. The number of amides is 2. The molecule has 6 heterocycles. The second-order valence-electron chi connectivity index (χ2n) is 15.4.